The van der Waals surface area contributed by atoms with E-state index in [1.54, 1.807) is 22.9 Å². The number of carbonyl (C=O) groups is 3. The van der Waals surface area contributed by atoms with Crippen LogP contribution in [0, 0.1) is 5.82 Å². The molecule has 0 spiro atoms. The van der Waals surface area contributed by atoms with Crippen LogP contribution in [0.25, 0.3) is 10.9 Å². The van der Waals surface area contributed by atoms with Crippen LogP contribution < -0.4 is 10.6 Å². The monoisotopic (exact) mass is 473 g/mol. The van der Waals surface area contributed by atoms with Gasteiger partial charge in [-0.1, -0.05) is 6.92 Å². The first-order chi connectivity index (χ1) is 16.3. The van der Waals surface area contributed by atoms with Crippen LogP contribution >= 0.6 is 0 Å². The lowest BCUT2D eigenvalue weighted by Gasteiger charge is -2.31. The zero-order chi connectivity index (χ0) is 24.6. The van der Waals surface area contributed by atoms with Gasteiger partial charge >= 0.3 is 0 Å². The number of aliphatic hydroxyl groups is 1. The molecule has 2 aromatic rings. The number of hydrogen-bond donors (Lipinski definition) is 4. The normalized spacial score (nSPS) is 23.7. The summed E-state index contributed by atoms with van der Waals surface area (Å²) in [4.78, 5) is 45.1. The van der Waals surface area contributed by atoms with Crippen molar-refractivity contribution in [3.05, 3.63) is 35.8 Å². The molecule has 3 amide bonds. The number of aromatic nitrogens is 1. The summed E-state index contributed by atoms with van der Waals surface area (Å²) in [6, 6.07) is 2.45. The van der Waals surface area contributed by atoms with Gasteiger partial charge in [0.05, 0.1) is 24.7 Å². The summed E-state index contributed by atoms with van der Waals surface area (Å²) < 4.78 is 14.0. The van der Waals surface area contributed by atoms with E-state index in [1.807, 2.05) is 13.1 Å². The van der Waals surface area contributed by atoms with Crippen molar-refractivity contribution in [1.29, 1.82) is 0 Å². The molecule has 2 aliphatic rings. The number of nitrogens with one attached hydrogen (secondary N) is 3. The molecule has 2 aliphatic heterocycles. The number of carbonyl (C=O) groups excluding carboxylic acids is 3. The number of fused-ring (bicyclic) bond motifs is 2. The van der Waals surface area contributed by atoms with Crippen molar-refractivity contribution < 1.29 is 23.9 Å². The van der Waals surface area contributed by atoms with E-state index in [1.165, 1.54) is 19.1 Å². The molecule has 0 aliphatic carbocycles. The number of amides is 3. The van der Waals surface area contributed by atoms with Crippen LogP contribution in [0.1, 0.15) is 38.2 Å². The van der Waals surface area contributed by atoms with Gasteiger partial charge in [0.25, 0.3) is 0 Å². The van der Waals surface area contributed by atoms with Crippen molar-refractivity contribution in [2.45, 2.75) is 56.8 Å². The fourth-order valence-electron chi connectivity index (χ4n) is 5.58. The second kappa shape index (κ2) is 9.71. The van der Waals surface area contributed by atoms with Crippen molar-refractivity contribution in [2.75, 3.05) is 26.7 Å². The fourth-order valence-corrected chi connectivity index (χ4v) is 5.58. The Hall–Kier alpha value is -2.98. The molecule has 4 N–H and O–H groups in total. The number of hydrogen-bond acceptors (Lipinski definition) is 5. The van der Waals surface area contributed by atoms with Gasteiger partial charge in [-0.25, -0.2) is 4.39 Å². The van der Waals surface area contributed by atoms with Crippen molar-refractivity contribution >= 4 is 28.6 Å². The van der Waals surface area contributed by atoms with Gasteiger partial charge in [-0.05, 0) is 43.7 Å². The number of H-pyrrole nitrogens is 1. The Balaban J connectivity index is 1.65. The number of likely N-dealkylation sites (tertiary alicyclic amines) is 2. The molecule has 2 saturated heterocycles. The highest BCUT2D eigenvalue weighted by Gasteiger charge is 2.52. The van der Waals surface area contributed by atoms with Gasteiger partial charge in [0.2, 0.25) is 17.7 Å². The van der Waals surface area contributed by atoms with Gasteiger partial charge in [-0.2, -0.15) is 0 Å². The molecule has 0 bridgehead atoms. The molecule has 1 aromatic heterocycles. The zero-order valence-corrected chi connectivity index (χ0v) is 19.7. The van der Waals surface area contributed by atoms with E-state index in [-0.39, 0.29) is 41.5 Å². The van der Waals surface area contributed by atoms with E-state index < -0.39 is 18.7 Å². The molecule has 34 heavy (non-hydrogen) atoms. The number of nitrogens with zero attached hydrogens (tertiary/aromatic N) is 2. The summed E-state index contributed by atoms with van der Waals surface area (Å²) >= 11 is 0. The average Bonchev–Trinajstić information content (AvgIpc) is 3.51. The minimum absolute atomic E-state index is 0.0790. The summed E-state index contributed by atoms with van der Waals surface area (Å²) in [6.45, 7) is 3.65. The minimum atomic E-state index is -1.08. The SMILES string of the molecule is CCC(NC)C(=O)NC(CO)C(=O)N1CCC2C1C(c1c[nH]c3ccc(F)cc13)CN2C(C)=O. The highest BCUT2D eigenvalue weighted by molar-refractivity contribution is 5.91. The minimum Gasteiger partial charge on any atom is -0.394 e. The predicted octanol–water partition coefficient (Wildman–Crippen LogP) is 0.697. The Morgan fingerprint density at radius 1 is 1.26 bits per heavy atom. The maximum Gasteiger partial charge on any atom is 0.247 e. The molecular weight excluding hydrogens is 441 g/mol. The van der Waals surface area contributed by atoms with Crippen LogP contribution in [0.2, 0.25) is 0 Å². The van der Waals surface area contributed by atoms with Gasteiger partial charge in [-0.3, -0.25) is 14.4 Å². The third-order valence-electron chi connectivity index (χ3n) is 7.26. The molecule has 3 heterocycles. The molecule has 10 heteroatoms. The average molecular weight is 474 g/mol. The Bertz CT molecular complexity index is 1080. The molecule has 9 nitrogen and oxygen atoms in total. The topological polar surface area (TPSA) is 118 Å². The summed E-state index contributed by atoms with van der Waals surface area (Å²) in [5.41, 5.74) is 1.63. The number of halogens is 1. The van der Waals surface area contributed by atoms with Crippen molar-refractivity contribution in [2.24, 2.45) is 0 Å². The lowest BCUT2D eigenvalue weighted by atomic mass is 9.91. The Morgan fingerprint density at radius 3 is 2.68 bits per heavy atom. The van der Waals surface area contributed by atoms with Crippen LogP contribution in [0.15, 0.2) is 24.4 Å². The highest BCUT2D eigenvalue weighted by atomic mass is 19.1. The van der Waals surface area contributed by atoms with E-state index in [0.717, 1.165) is 16.5 Å². The molecule has 184 valence electrons. The van der Waals surface area contributed by atoms with Crippen LogP contribution in [-0.4, -0.2) is 88.5 Å². The van der Waals surface area contributed by atoms with Gasteiger partial charge < -0.3 is 30.5 Å². The van der Waals surface area contributed by atoms with Gasteiger partial charge in [-0.15, -0.1) is 0 Å². The zero-order valence-electron chi connectivity index (χ0n) is 19.7. The lowest BCUT2D eigenvalue weighted by molar-refractivity contribution is -0.139. The molecule has 5 atom stereocenters. The van der Waals surface area contributed by atoms with E-state index in [0.29, 0.717) is 25.9 Å². The Kier molecular flexibility index (Phi) is 6.90. The van der Waals surface area contributed by atoms with E-state index in [2.05, 4.69) is 15.6 Å². The fraction of sp³-hybridized carbons (Fsp3) is 0.542. The third kappa shape index (κ3) is 4.16. The molecule has 2 fully saturated rings. The molecule has 0 radical (unpaired) electrons. The number of rotatable bonds is 7. The molecule has 5 unspecified atom stereocenters. The standard InChI is InChI=1S/C24H32FN5O4/c1-4-18(26-3)23(33)28-20(12-31)24(34)29-8-7-21-22(29)17(11-30(21)13(2)32)16-10-27-19-6-5-14(25)9-15(16)19/h5-6,9-10,17-18,20-22,26-27,31H,4,7-8,11-12H2,1-3H3,(H,28,33). The summed E-state index contributed by atoms with van der Waals surface area (Å²) in [6.07, 6.45) is 2.96. The molecular formula is C24H32FN5O4. The summed E-state index contributed by atoms with van der Waals surface area (Å²) in [5, 5.41) is 16.2. The maximum atomic E-state index is 14.0. The Labute approximate surface area is 197 Å². The smallest absolute Gasteiger partial charge is 0.247 e. The van der Waals surface area contributed by atoms with Gasteiger partial charge in [0.15, 0.2) is 0 Å². The lowest BCUT2D eigenvalue weighted by Crippen LogP contribution is -2.56. The molecule has 1 aromatic carbocycles. The van der Waals surface area contributed by atoms with Crippen LogP contribution in [0.4, 0.5) is 4.39 Å². The Morgan fingerprint density at radius 2 is 2.03 bits per heavy atom. The van der Waals surface area contributed by atoms with Crippen LogP contribution in [0.5, 0.6) is 0 Å². The quantitative estimate of drug-likeness (QED) is 0.472. The van der Waals surface area contributed by atoms with Crippen LogP contribution in [0.3, 0.4) is 0 Å². The third-order valence-corrected chi connectivity index (χ3v) is 7.26. The highest BCUT2D eigenvalue weighted by Crippen LogP contribution is 2.43. The largest absolute Gasteiger partial charge is 0.394 e. The van der Waals surface area contributed by atoms with Crippen molar-refractivity contribution in [1.82, 2.24) is 25.4 Å². The van der Waals surface area contributed by atoms with Crippen molar-refractivity contribution in [3.63, 3.8) is 0 Å². The van der Waals surface area contributed by atoms with E-state index in [4.69, 9.17) is 0 Å². The first kappa shape index (κ1) is 24.2. The summed E-state index contributed by atoms with van der Waals surface area (Å²) in [5.74, 6) is -1.40. The number of benzene rings is 1. The second-order valence-corrected chi connectivity index (χ2v) is 9.08. The maximum absolute atomic E-state index is 14.0. The number of aliphatic hydroxyl groups excluding tert-OH is 1. The molecule has 0 saturated carbocycles. The number of likely N-dealkylation sites (N-methyl/N-ethyl adjacent to an activating group) is 1. The van der Waals surface area contributed by atoms with E-state index in [9.17, 15) is 23.9 Å². The van der Waals surface area contributed by atoms with Gasteiger partial charge in [0, 0.05) is 43.0 Å². The molecule has 4 rings (SSSR count). The van der Waals surface area contributed by atoms with Gasteiger partial charge in [0.1, 0.15) is 11.9 Å². The first-order valence-corrected chi connectivity index (χ1v) is 11.7. The second-order valence-electron chi connectivity index (χ2n) is 9.08. The van der Waals surface area contributed by atoms with E-state index >= 15 is 0 Å². The first-order valence-electron chi connectivity index (χ1n) is 11.7. The summed E-state index contributed by atoms with van der Waals surface area (Å²) in [7, 11) is 1.66. The number of aromatic amines is 1. The predicted molar refractivity (Wildman–Crippen MR) is 124 cm³/mol. The van der Waals surface area contributed by atoms with Crippen molar-refractivity contribution in [3.8, 4) is 0 Å². The van der Waals surface area contributed by atoms with Crippen LogP contribution in [-0.2, 0) is 14.4 Å².